The van der Waals surface area contributed by atoms with E-state index in [0.29, 0.717) is 17.9 Å². The van der Waals surface area contributed by atoms with Crippen LogP contribution in [0.15, 0.2) is 24.3 Å². The molecule has 0 heterocycles. The van der Waals surface area contributed by atoms with E-state index in [1.165, 1.54) is 0 Å². The summed E-state index contributed by atoms with van der Waals surface area (Å²) in [6, 6.07) is 6.15. The topological polar surface area (TPSA) is 93.5 Å². The number of hydrogen-bond acceptors (Lipinski definition) is 4. The van der Waals surface area contributed by atoms with E-state index in [-0.39, 0.29) is 30.1 Å². The average molecular weight is 386 g/mol. The smallest absolute Gasteiger partial charge is 0.251 e. The van der Waals surface area contributed by atoms with Crippen molar-refractivity contribution in [1.29, 1.82) is 0 Å². The Hall–Kier alpha value is -1.79. The normalized spacial score (nSPS) is 12.1. The van der Waals surface area contributed by atoms with Crippen molar-refractivity contribution in [3.8, 4) is 5.75 Å². The number of ether oxygens (including phenoxy) is 1. The third-order valence-electron chi connectivity index (χ3n) is 4.61. The number of nitrogens with two attached hydrogens (primary N) is 1. The average Bonchev–Trinajstić information content (AvgIpc) is 2.63. The first-order valence-corrected chi connectivity index (χ1v) is 8.77. The van der Waals surface area contributed by atoms with Crippen LogP contribution < -0.4 is 21.1 Å². The Kier molecular flexibility index (Phi) is 10.3. The zero-order valence-corrected chi connectivity index (χ0v) is 17.1. The number of methoxy groups -OCH3 is 1. The highest BCUT2D eigenvalue weighted by Crippen LogP contribution is 2.13. The van der Waals surface area contributed by atoms with Gasteiger partial charge in [0.25, 0.3) is 5.91 Å². The molecule has 0 fully saturated rings. The van der Waals surface area contributed by atoms with E-state index in [2.05, 4.69) is 10.6 Å². The molecule has 1 aromatic rings. The van der Waals surface area contributed by atoms with Crippen molar-refractivity contribution in [2.45, 2.75) is 52.1 Å². The van der Waals surface area contributed by atoms with E-state index < -0.39 is 11.6 Å². The number of carbonyl (C=O) groups is 2. The van der Waals surface area contributed by atoms with Crippen molar-refractivity contribution in [3.63, 3.8) is 0 Å². The highest BCUT2D eigenvalue weighted by atomic mass is 35.5. The van der Waals surface area contributed by atoms with Gasteiger partial charge in [-0.25, -0.2) is 0 Å². The second-order valence-corrected chi connectivity index (χ2v) is 6.71. The number of rotatable bonds is 9. The van der Waals surface area contributed by atoms with Crippen molar-refractivity contribution in [1.82, 2.24) is 10.6 Å². The van der Waals surface area contributed by atoms with Gasteiger partial charge in [-0.3, -0.25) is 9.59 Å². The maximum atomic E-state index is 12.5. The first-order valence-electron chi connectivity index (χ1n) is 8.77. The molecule has 6 nitrogen and oxygen atoms in total. The lowest BCUT2D eigenvalue weighted by atomic mass is 9.94. The summed E-state index contributed by atoms with van der Waals surface area (Å²) in [5.74, 6) is 0.126. The molecule has 0 aromatic heterocycles. The first-order chi connectivity index (χ1) is 11.8. The van der Waals surface area contributed by atoms with Crippen LogP contribution in [0.25, 0.3) is 0 Å². The zero-order valence-electron chi connectivity index (χ0n) is 16.3. The van der Waals surface area contributed by atoms with Gasteiger partial charge in [0.05, 0.1) is 7.11 Å². The molecule has 1 aromatic carbocycles. The number of carbonyl (C=O) groups excluding carboxylic acids is 2. The molecule has 0 aliphatic heterocycles. The minimum absolute atomic E-state index is 0. The van der Waals surface area contributed by atoms with Crippen LogP contribution in [0, 0.1) is 5.92 Å². The van der Waals surface area contributed by atoms with Crippen LogP contribution in [0.4, 0.5) is 0 Å². The summed E-state index contributed by atoms with van der Waals surface area (Å²) < 4.78 is 5.08. The molecule has 0 radical (unpaired) electrons. The molecule has 2 amide bonds. The Bertz CT molecular complexity index is 572. The van der Waals surface area contributed by atoms with Gasteiger partial charge in [0.2, 0.25) is 5.91 Å². The second-order valence-electron chi connectivity index (χ2n) is 6.71. The van der Waals surface area contributed by atoms with Gasteiger partial charge in [-0.15, -0.1) is 12.4 Å². The minimum atomic E-state index is -0.618. The van der Waals surface area contributed by atoms with Crippen molar-refractivity contribution in [2.24, 2.45) is 11.7 Å². The molecule has 0 saturated heterocycles. The Morgan fingerprint density at radius 1 is 1.15 bits per heavy atom. The fourth-order valence-electron chi connectivity index (χ4n) is 2.38. The lowest BCUT2D eigenvalue weighted by Gasteiger charge is -2.29. The fourth-order valence-corrected chi connectivity index (χ4v) is 2.38. The number of amides is 2. The SMILES string of the molecule is CCC(N)(CC)CNC(=O)C(NC(=O)c1ccc(OC)cc1)C(C)C.Cl. The van der Waals surface area contributed by atoms with E-state index >= 15 is 0 Å². The van der Waals surface area contributed by atoms with Gasteiger partial charge < -0.3 is 21.1 Å². The standard InChI is InChI=1S/C19H31N3O3.ClH/c1-6-19(20,7-2)12-21-18(24)16(13(3)4)22-17(23)14-8-10-15(25-5)11-9-14;/h8-11,13,16H,6-7,12,20H2,1-5H3,(H,21,24)(H,22,23);1H. The van der Waals surface area contributed by atoms with Crippen LogP contribution in [0.3, 0.4) is 0 Å². The number of hydrogen-bond donors (Lipinski definition) is 3. The number of halogens is 1. The van der Waals surface area contributed by atoms with Crippen LogP contribution in [0.5, 0.6) is 5.75 Å². The molecule has 4 N–H and O–H groups in total. The highest BCUT2D eigenvalue weighted by Gasteiger charge is 2.27. The van der Waals surface area contributed by atoms with Gasteiger partial charge >= 0.3 is 0 Å². The van der Waals surface area contributed by atoms with Crippen LogP contribution >= 0.6 is 12.4 Å². The maximum absolute atomic E-state index is 12.5. The summed E-state index contributed by atoms with van der Waals surface area (Å²) >= 11 is 0. The third kappa shape index (κ3) is 6.84. The van der Waals surface area contributed by atoms with Gasteiger partial charge in [0.15, 0.2) is 0 Å². The number of nitrogens with one attached hydrogen (secondary N) is 2. The molecule has 0 aliphatic carbocycles. The molecular formula is C19H32ClN3O3. The van der Waals surface area contributed by atoms with Crippen LogP contribution in [-0.4, -0.2) is 37.0 Å². The highest BCUT2D eigenvalue weighted by molar-refractivity contribution is 5.97. The van der Waals surface area contributed by atoms with Crippen LogP contribution in [0.1, 0.15) is 50.9 Å². The molecule has 1 atom stereocenters. The molecule has 0 bridgehead atoms. The Morgan fingerprint density at radius 3 is 2.12 bits per heavy atom. The van der Waals surface area contributed by atoms with Crippen LogP contribution in [-0.2, 0) is 4.79 Å². The molecule has 0 spiro atoms. The summed E-state index contributed by atoms with van der Waals surface area (Å²) in [7, 11) is 1.57. The fraction of sp³-hybridized carbons (Fsp3) is 0.579. The molecule has 26 heavy (non-hydrogen) atoms. The van der Waals surface area contributed by atoms with E-state index in [1.54, 1.807) is 31.4 Å². The summed E-state index contributed by atoms with van der Waals surface area (Å²) in [5.41, 5.74) is 6.29. The Labute approximate surface area is 162 Å². The lowest BCUT2D eigenvalue weighted by Crippen LogP contribution is -2.55. The minimum Gasteiger partial charge on any atom is -0.497 e. The Balaban J connectivity index is 0.00000625. The molecule has 1 unspecified atom stereocenters. The molecule has 7 heteroatoms. The van der Waals surface area contributed by atoms with Crippen molar-refractivity contribution >= 4 is 24.2 Å². The summed E-state index contributed by atoms with van der Waals surface area (Å²) in [6.45, 7) is 8.18. The maximum Gasteiger partial charge on any atom is 0.251 e. The predicted molar refractivity (Wildman–Crippen MR) is 107 cm³/mol. The lowest BCUT2D eigenvalue weighted by molar-refractivity contribution is -0.124. The van der Waals surface area contributed by atoms with Gasteiger partial charge in [-0.1, -0.05) is 27.7 Å². The molecule has 1 rings (SSSR count). The van der Waals surface area contributed by atoms with Crippen LogP contribution in [0.2, 0.25) is 0 Å². The quantitative estimate of drug-likeness (QED) is 0.608. The van der Waals surface area contributed by atoms with Crippen molar-refractivity contribution in [2.75, 3.05) is 13.7 Å². The molecule has 0 saturated carbocycles. The largest absolute Gasteiger partial charge is 0.497 e. The summed E-state index contributed by atoms with van der Waals surface area (Å²) in [6.07, 6.45) is 1.54. The molecular weight excluding hydrogens is 354 g/mol. The third-order valence-corrected chi connectivity index (χ3v) is 4.61. The van der Waals surface area contributed by atoms with Crippen molar-refractivity contribution in [3.05, 3.63) is 29.8 Å². The second kappa shape index (κ2) is 11.0. The predicted octanol–water partition coefficient (Wildman–Crippen LogP) is 2.51. The van der Waals surface area contributed by atoms with E-state index in [4.69, 9.17) is 10.5 Å². The van der Waals surface area contributed by atoms with Crippen molar-refractivity contribution < 1.29 is 14.3 Å². The van der Waals surface area contributed by atoms with Gasteiger partial charge in [0.1, 0.15) is 11.8 Å². The molecule has 148 valence electrons. The van der Waals surface area contributed by atoms with Gasteiger partial charge in [-0.2, -0.15) is 0 Å². The number of benzene rings is 1. The van der Waals surface area contributed by atoms with E-state index in [1.807, 2.05) is 27.7 Å². The Morgan fingerprint density at radius 2 is 1.69 bits per heavy atom. The first kappa shape index (κ1) is 24.2. The molecule has 0 aliphatic rings. The summed E-state index contributed by atoms with van der Waals surface area (Å²) in [4.78, 5) is 24.9. The zero-order chi connectivity index (χ0) is 19.0. The van der Waals surface area contributed by atoms with E-state index in [0.717, 1.165) is 12.8 Å². The van der Waals surface area contributed by atoms with Gasteiger partial charge in [-0.05, 0) is 43.0 Å². The van der Waals surface area contributed by atoms with E-state index in [9.17, 15) is 9.59 Å². The van der Waals surface area contributed by atoms with Gasteiger partial charge in [0, 0.05) is 17.6 Å². The summed E-state index contributed by atoms with van der Waals surface area (Å²) in [5, 5.41) is 5.69. The monoisotopic (exact) mass is 385 g/mol.